The molecule has 0 amide bonds. The average molecular weight is 224 g/mol. The van der Waals surface area contributed by atoms with Gasteiger partial charge in [0, 0.05) is 0 Å². The van der Waals surface area contributed by atoms with Gasteiger partial charge in [-0.2, -0.15) is 8.42 Å². The second-order valence-electron chi connectivity index (χ2n) is 3.48. The van der Waals surface area contributed by atoms with E-state index in [9.17, 15) is 17.1 Å². The Kier molecular flexibility index (Phi) is 3.14. The first-order valence-electron chi connectivity index (χ1n) is 4.47. The van der Waals surface area contributed by atoms with Gasteiger partial charge in [0.2, 0.25) is 0 Å². The first-order valence-corrected chi connectivity index (χ1v) is 5.85. The molecule has 0 bridgehead atoms. The summed E-state index contributed by atoms with van der Waals surface area (Å²) >= 11 is 0. The Hall–Kier alpha value is -0.650. The summed E-state index contributed by atoms with van der Waals surface area (Å²) in [4.78, 5) is 11.3. The maximum atomic E-state index is 13.0. The van der Waals surface area contributed by atoms with E-state index in [0.29, 0.717) is 12.8 Å². The van der Waals surface area contributed by atoms with Crippen molar-refractivity contribution < 1.29 is 21.8 Å². The first kappa shape index (κ1) is 11.4. The molecule has 0 spiro atoms. The van der Waals surface area contributed by atoms with E-state index in [1.54, 1.807) is 0 Å². The van der Waals surface area contributed by atoms with Gasteiger partial charge in [-0.25, -0.2) is 0 Å². The summed E-state index contributed by atoms with van der Waals surface area (Å²) in [7, 11) is -3.80. The summed E-state index contributed by atoms with van der Waals surface area (Å²) in [5, 5.41) is 0. The Morgan fingerprint density at radius 3 is 2.14 bits per heavy atom. The fourth-order valence-electron chi connectivity index (χ4n) is 1.86. The molecular weight excluding hydrogens is 211 g/mol. The van der Waals surface area contributed by atoms with Crippen LogP contribution in [-0.2, 0) is 19.8 Å². The zero-order valence-electron chi connectivity index (χ0n) is 7.95. The highest BCUT2D eigenvalue weighted by atomic mass is 32.3. The highest BCUT2D eigenvalue weighted by molar-refractivity contribution is 7.88. The monoisotopic (exact) mass is 224 g/mol. The minimum Gasteiger partial charge on any atom is -0.468 e. The molecule has 1 saturated carbocycles. The van der Waals surface area contributed by atoms with Crippen molar-refractivity contribution >= 4 is 16.2 Å². The smallest absolute Gasteiger partial charge is 0.330 e. The SMILES string of the molecule is COC(=O)C1(S(=O)(=O)F)CCCCC1. The normalized spacial score (nSPS) is 21.6. The van der Waals surface area contributed by atoms with Crippen molar-refractivity contribution in [1.82, 2.24) is 0 Å². The van der Waals surface area contributed by atoms with Crippen LogP contribution in [-0.4, -0.2) is 26.2 Å². The molecule has 0 aromatic rings. The van der Waals surface area contributed by atoms with Gasteiger partial charge >= 0.3 is 16.2 Å². The molecule has 0 aliphatic heterocycles. The first-order chi connectivity index (χ1) is 6.44. The second kappa shape index (κ2) is 3.84. The fraction of sp³-hybridized carbons (Fsp3) is 0.875. The third-order valence-electron chi connectivity index (χ3n) is 2.69. The lowest BCUT2D eigenvalue weighted by Crippen LogP contribution is -2.46. The second-order valence-corrected chi connectivity index (χ2v) is 5.14. The van der Waals surface area contributed by atoms with Gasteiger partial charge in [-0.3, -0.25) is 4.79 Å². The molecule has 0 N–H and O–H groups in total. The van der Waals surface area contributed by atoms with Gasteiger partial charge in [-0.1, -0.05) is 19.3 Å². The number of hydrogen-bond donors (Lipinski definition) is 0. The van der Waals surface area contributed by atoms with Gasteiger partial charge in [0.25, 0.3) is 0 Å². The lowest BCUT2D eigenvalue weighted by atomic mass is 9.88. The molecule has 0 aromatic heterocycles. The molecule has 0 unspecified atom stereocenters. The maximum Gasteiger partial charge on any atom is 0.330 e. The van der Waals surface area contributed by atoms with Crippen LogP contribution in [0.1, 0.15) is 32.1 Å². The molecule has 0 saturated heterocycles. The number of esters is 1. The maximum absolute atomic E-state index is 13.0. The summed E-state index contributed by atoms with van der Waals surface area (Å²) in [5.41, 5.74) is 0. The van der Waals surface area contributed by atoms with Crippen molar-refractivity contribution in [2.45, 2.75) is 36.9 Å². The van der Waals surface area contributed by atoms with E-state index in [2.05, 4.69) is 4.74 Å². The molecule has 1 aliphatic rings. The standard InChI is InChI=1S/C8H13FO4S/c1-13-7(10)8(14(9,11)12)5-3-2-4-6-8/h2-6H2,1H3. The van der Waals surface area contributed by atoms with E-state index >= 15 is 0 Å². The number of rotatable bonds is 2. The molecule has 1 fully saturated rings. The van der Waals surface area contributed by atoms with Crippen LogP contribution in [0.2, 0.25) is 0 Å². The predicted octanol–water partition coefficient (Wildman–Crippen LogP) is 1.16. The Morgan fingerprint density at radius 2 is 1.79 bits per heavy atom. The molecule has 1 aliphatic carbocycles. The van der Waals surface area contributed by atoms with Gasteiger partial charge in [0.05, 0.1) is 7.11 Å². The highest BCUT2D eigenvalue weighted by Crippen LogP contribution is 2.37. The van der Waals surface area contributed by atoms with Crippen molar-refractivity contribution in [2.75, 3.05) is 7.11 Å². The molecule has 0 heterocycles. The molecule has 0 radical (unpaired) electrons. The topological polar surface area (TPSA) is 60.4 Å². The molecule has 0 atom stereocenters. The number of hydrogen-bond acceptors (Lipinski definition) is 4. The largest absolute Gasteiger partial charge is 0.468 e. The summed E-state index contributed by atoms with van der Waals surface area (Å²) < 4.78 is 37.4. The zero-order chi connectivity index (χ0) is 10.8. The van der Waals surface area contributed by atoms with Crippen LogP contribution in [0.25, 0.3) is 0 Å². The van der Waals surface area contributed by atoms with Crippen LogP contribution in [0.4, 0.5) is 3.89 Å². The van der Waals surface area contributed by atoms with E-state index < -0.39 is 20.9 Å². The minimum atomic E-state index is -4.87. The summed E-state index contributed by atoms with van der Waals surface area (Å²) in [6.45, 7) is 0. The molecule has 6 heteroatoms. The Morgan fingerprint density at radius 1 is 1.29 bits per heavy atom. The third-order valence-corrected chi connectivity index (χ3v) is 4.19. The fourth-order valence-corrected chi connectivity index (χ4v) is 2.92. The van der Waals surface area contributed by atoms with Crippen molar-refractivity contribution in [3.63, 3.8) is 0 Å². The van der Waals surface area contributed by atoms with Crippen molar-refractivity contribution in [3.05, 3.63) is 0 Å². The van der Waals surface area contributed by atoms with Crippen molar-refractivity contribution in [1.29, 1.82) is 0 Å². The molecule has 0 aromatic carbocycles. The molecular formula is C8H13FO4S. The molecule has 4 nitrogen and oxygen atoms in total. The molecule has 82 valence electrons. The minimum absolute atomic E-state index is 0.0263. The lowest BCUT2D eigenvalue weighted by Gasteiger charge is -2.29. The van der Waals surface area contributed by atoms with E-state index in [-0.39, 0.29) is 12.8 Å². The Bertz CT molecular complexity index is 316. The van der Waals surface area contributed by atoms with Crippen LogP contribution in [0.5, 0.6) is 0 Å². The number of methoxy groups -OCH3 is 1. The summed E-state index contributed by atoms with van der Waals surface area (Å²) in [5.74, 6) is -0.972. The zero-order valence-corrected chi connectivity index (χ0v) is 8.77. The van der Waals surface area contributed by atoms with Gasteiger partial charge in [-0.05, 0) is 12.8 Å². The van der Waals surface area contributed by atoms with Crippen molar-refractivity contribution in [2.24, 2.45) is 0 Å². The molecule has 14 heavy (non-hydrogen) atoms. The van der Waals surface area contributed by atoms with E-state index in [1.165, 1.54) is 0 Å². The van der Waals surface area contributed by atoms with E-state index in [1.807, 2.05) is 0 Å². The van der Waals surface area contributed by atoms with Gasteiger partial charge < -0.3 is 4.74 Å². The van der Waals surface area contributed by atoms with Gasteiger partial charge in [0.1, 0.15) is 0 Å². The number of ether oxygens (including phenoxy) is 1. The van der Waals surface area contributed by atoms with Gasteiger partial charge in [-0.15, -0.1) is 3.89 Å². The third kappa shape index (κ3) is 1.75. The van der Waals surface area contributed by atoms with Crippen LogP contribution in [0.15, 0.2) is 0 Å². The number of carbonyl (C=O) groups is 1. The summed E-state index contributed by atoms with van der Waals surface area (Å²) in [6, 6.07) is 0. The van der Waals surface area contributed by atoms with E-state index in [4.69, 9.17) is 0 Å². The molecule has 1 rings (SSSR count). The van der Waals surface area contributed by atoms with Crippen LogP contribution in [0, 0.1) is 0 Å². The Balaban J connectivity index is 3.07. The summed E-state index contributed by atoms with van der Waals surface area (Å²) in [6.07, 6.45) is 1.96. The average Bonchev–Trinajstić information content (AvgIpc) is 2.16. The highest BCUT2D eigenvalue weighted by Gasteiger charge is 2.52. The predicted molar refractivity (Wildman–Crippen MR) is 47.9 cm³/mol. The lowest BCUT2D eigenvalue weighted by molar-refractivity contribution is -0.144. The number of carbonyl (C=O) groups excluding carboxylic acids is 1. The van der Waals surface area contributed by atoms with Crippen LogP contribution >= 0.6 is 0 Å². The van der Waals surface area contributed by atoms with Gasteiger partial charge in [0.15, 0.2) is 4.75 Å². The van der Waals surface area contributed by atoms with E-state index in [0.717, 1.165) is 13.5 Å². The number of halogens is 1. The Labute approximate surface area is 82.6 Å². The van der Waals surface area contributed by atoms with Crippen LogP contribution < -0.4 is 0 Å². The quantitative estimate of drug-likeness (QED) is 0.521. The van der Waals surface area contributed by atoms with Crippen LogP contribution in [0.3, 0.4) is 0 Å². The van der Waals surface area contributed by atoms with Crippen molar-refractivity contribution in [3.8, 4) is 0 Å².